The topological polar surface area (TPSA) is 104 Å². The molecule has 0 saturated carbocycles. The van der Waals surface area contributed by atoms with Gasteiger partial charge in [-0.25, -0.2) is 14.8 Å². The highest BCUT2D eigenvalue weighted by Crippen LogP contribution is 2.42. The first-order valence-electron chi connectivity index (χ1n) is 12.7. The number of hydrogen-bond acceptors (Lipinski definition) is 7. The van der Waals surface area contributed by atoms with E-state index >= 15 is 0 Å². The van der Waals surface area contributed by atoms with Crippen molar-refractivity contribution in [2.24, 2.45) is 4.99 Å². The number of fused-ring (bicyclic) bond motifs is 1. The molecule has 3 heterocycles. The van der Waals surface area contributed by atoms with E-state index in [9.17, 15) is 4.79 Å². The Hall–Kier alpha value is -4.63. The number of aromatic nitrogens is 2. The number of anilines is 2. The second-order valence-electron chi connectivity index (χ2n) is 8.99. The predicted octanol–water partition coefficient (Wildman–Crippen LogP) is 6.65. The number of carbonyl (C=O) groups is 1. The first-order chi connectivity index (χ1) is 19.2. The van der Waals surface area contributed by atoms with E-state index in [4.69, 9.17) is 4.42 Å². The summed E-state index contributed by atoms with van der Waals surface area (Å²) in [4.78, 5) is 25.8. The van der Waals surface area contributed by atoms with Crippen LogP contribution in [0.2, 0.25) is 0 Å². The average molecular weight is 535 g/mol. The van der Waals surface area contributed by atoms with Gasteiger partial charge in [-0.1, -0.05) is 90.6 Å². The molecule has 9 heteroatoms. The molecule has 8 nitrogen and oxygen atoms in total. The number of amides is 2. The van der Waals surface area contributed by atoms with E-state index in [0.717, 1.165) is 45.8 Å². The molecule has 1 unspecified atom stereocenters. The van der Waals surface area contributed by atoms with Crippen molar-refractivity contribution in [1.29, 1.82) is 0 Å². The number of rotatable bonds is 7. The quantitative estimate of drug-likeness (QED) is 0.216. The van der Waals surface area contributed by atoms with Crippen LogP contribution in [0.3, 0.4) is 0 Å². The molecular formula is C30H26N6O2S. The Bertz CT molecular complexity index is 1610. The minimum atomic E-state index is -0.294. The Kier molecular flexibility index (Phi) is 7.22. The Morgan fingerprint density at radius 1 is 0.872 bits per heavy atom. The number of furan rings is 1. The van der Waals surface area contributed by atoms with Gasteiger partial charge in [0.1, 0.15) is 17.9 Å². The van der Waals surface area contributed by atoms with E-state index in [1.54, 1.807) is 11.8 Å². The molecule has 1 atom stereocenters. The minimum Gasteiger partial charge on any atom is -0.437 e. The molecule has 0 spiro atoms. The molecule has 39 heavy (non-hydrogen) atoms. The highest BCUT2D eigenvalue weighted by atomic mass is 32.2. The second-order valence-corrected chi connectivity index (χ2v) is 10.3. The van der Waals surface area contributed by atoms with Gasteiger partial charge in [-0.05, 0) is 24.1 Å². The normalized spacial score (nSPS) is 14.7. The van der Waals surface area contributed by atoms with Gasteiger partial charge < -0.3 is 15.1 Å². The fraction of sp³-hybridized carbons (Fsp3) is 0.133. The zero-order valence-corrected chi connectivity index (χ0v) is 21.8. The summed E-state index contributed by atoms with van der Waals surface area (Å²) in [7, 11) is 0. The third-order valence-corrected chi connectivity index (χ3v) is 7.49. The fourth-order valence-electron chi connectivity index (χ4n) is 4.51. The lowest BCUT2D eigenvalue weighted by atomic mass is 9.99. The third-order valence-electron chi connectivity index (χ3n) is 6.31. The van der Waals surface area contributed by atoms with Crippen molar-refractivity contribution in [3.05, 3.63) is 97.3 Å². The zero-order valence-electron chi connectivity index (χ0n) is 21.0. The number of nitrogens with zero attached hydrogens (tertiary/aromatic N) is 3. The molecule has 3 N–H and O–H groups in total. The molecule has 2 aromatic heterocycles. The average Bonchev–Trinajstić information content (AvgIpc) is 3.59. The summed E-state index contributed by atoms with van der Waals surface area (Å²) in [5.74, 6) is 1.50. The molecule has 2 amide bonds. The standard InChI is InChI=1S/C30H26N6O2S/c37-29(35-22-14-8-3-9-15-22)36-30-32-18-23(39-30)16-17-31-27-25-24(20-10-4-1-5-11-20)26(21-12-6-2-7-13-21)38-28(25)34-19-33-27/h1-15,19,23H,16-18H2,(H,31,33,34)(H2,32,35,36,37). The van der Waals surface area contributed by atoms with Crippen molar-refractivity contribution in [3.8, 4) is 22.5 Å². The maximum Gasteiger partial charge on any atom is 0.325 e. The number of amidine groups is 1. The molecule has 6 rings (SSSR count). The molecule has 0 aliphatic carbocycles. The summed E-state index contributed by atoms with van der Waals surface area (Å²) in [5, 5.41) is 10.9. The van der Waals surface area contributed by atoms with Crippen LogP contribution in [0.5, 0.6) is 0 Å². The molecule has 0 fully saturated rings. The number of hydrogen-bond donors (Lipinski definition) is 3. The fourth-order valence-corrected chi connectivity index (χ4v) is 5.51. The highest BCUT2D eigenvalue weighted by Gasteiger charge is 2.23. The van der Waals surface area contributed by atoms with E-state index in [1.165, 1.54) is 6.33 Å². The number of carbonyl (C=O) groups excluding carboxylic acids is 1. The number of thioether (sulfide) groups is 1. The molecule has 0 radical (unpaired) electrons. The smallest absolute Gasteiger partial charge is 0.325 e. The highest BCUT2D eigenvalue weighted by molar-refractivity contribution is 8.14. The Morgan fingerprint density at radius 2 is 1.56 bits per heavy atom. The maximum absolute atomic E-state index is 12.3. The van der Waals surface area contributed by atoms with Crippen molar-refractivity contribution >= 4 is 45.6 Å². The van der Waals surface area contributed by atoms with Crippen LogP contribution >= 0.6 is 11.8 Å². The summed E-state index contributed by atoms with van der Waals surface area (Å²) in [6.07, 6.45) is 2.37. The number of benzene rings is 3. The van der Waals surface area contributed by atoms with Gasteiger partial charge in [0.2, 0.25) is 5.71 Å². The van der Waals surface area contributed by atoms with Gasteiger partial charge in [0.15, 0.2) is 5.17 Å². The first-order valence-corrected chi connectivity index (χ1v) is 13.6. The van der Waals surface area contributed by atoms with E-state index in [1.807, 2.05) is 78.9 Å². The number of nitrogens with one attached hydrogen (secondary N) is 3. The van der Waals surface area contributed by atoms with Crippen LogP contribution in [0.4, 0.5) is 16.3 Å². The van der Waals surface area contributed by atoms with Crippen molar-refractivity contribution < 1.29 is 9.21 Å². The zero-order chi connectivity index (χ0) is 26.4. The molecule has 1 aliphatic rings. The number of urea groups is 1. The van der Waals surface area contributed by atoms with Crippen LogP contribution in [0.25, 0.3) is 33.6 Å². The third kappa shape index (κ3) is 5.63. The van der Waals surface area contributed by atoms with Gasteiger partial charge in [-0.3, -0.25) is 10.3 Å². The molecule has 194 valence electrons. The lowest BCUT2D eigenvalue weighted by Gasteiger charge is -2.11. The maximum atomic E-state index is 12.3. The molecule has 5 aromatic rings. The van der Waals surface area contributed by atoms with Crippen LogP contribution in [0.1, 0.15) is 6.42 Å². The molecule has 0 bridgehead atoms. The summed E-state index contributed by atoms with van der Waals surface area (Å²) in [6.45, 7) is 1.33. The van der Waals surface area contributed by atoms with Crippen LogP contribution in [-0.2, 0) is 0 Å². The van der Waals surface area contributed by atoms with Crippen LogP contribution in [0.15, 0.2) is 107 Å². The van der Waals surface area contributed by atoms with Gasteiger partial charge in [-0.15, -0.1) is 0 Å². The Balaban J connectivity index is 1.14. The minimum absolute atomic E-state index is 0.250. The first kappa shape index (κ1) is 24.7. The monoisotopic (exact) mass is 534 g/mol. The van der Waals surface area contributed by atoms with Gasteiger partial charge in [0, 0.05) is 28.6 Å². The van der Waals surface area contributed by atoms with Gasteiger partial charge in [0.05, 0.1) is 11.9 Å². The lowest BCUT2D eigenvalue weighted by molar-refractivity contribution is 0.256. The summed E-state index contributed by atoms with van der Waals surface area (Å²) in [6, 6.07) is 29.3. The molecule has 1 aliphatic heterocycles. The van der Waals surface area contributed by atoms with E-state index in [-0.39, 0.29) is 11.3 Å². The van der Waals surface area contributed by atoms with Crippen LogP contribution < -0.4 is 16.0 Å². The summed E-state index contributed by atoms with van der Waals surface area (Å²) >= 11 is 1.58. The Morgan fingerprint density at radius 3 is 2.31 bits per heavy atom. The van der Waals surface area contributed by atoms with E-state index in [2.05, 4.69) is 43.0 Å². The van der Waals surface area contributed by atoms with Gasteiger partial charge >= 0.3 is 6.03 Å². The summed E-state index contributed by atoms with van der Waals surface area (Å²) < 4.78 is 6.29. The lowest BCUT2D eigenvalue weighted by Crippen LogP contribution is -2.32. The second kappa shape index (κ2) is 11.4. The summed E-state index contributed by atoms with van der Waals surface area (Å²) in [5.41, 5.74) is 4.27. The predicted molar refractivity (Wildman–Crippen MR) is 158 cm³/mol. The SMILES string of the molecule is O=C(NC1=NCC(CCNc2ncnc3oc(-c4ccccc4)c(-c4ccccc4)c23)S1)Nc1ccccc1. The van der Waals surface area contributed by atoms with Gasteiger partial charge in [-0.2, -0.15) is 0 Å². The van der Waals surface area contributed by atoms with Crippen LogP contribution in [-0.4, -0.2) is 39.5 Å². The molecule has 0 saturated heterocycles. The van der Waals surface area contributed by atoms with E-state index < -0.39 is 0 Å². The van der Waals surface area contributed by atoms with Gasteiger partial charge in [0.25, 0.3) is 0 Å². The number of para-hydroxylation sites is 1. The molecule has 3 aromatic carbocycles. The molecular weight excluding hydrogens is 508 g/mol. The van der Waals surface area contributed by atoms with Crippen molar-refractivity contribution in [1.82, 2.24) is 15.3 Å². The Labute approximate surface area is 230 Å². The van der Waals surface area contributed by atoms with Crippen LogP contribution in [0, 0.1) is 0 Å². The van der Waals surface area contributed by atoms with E-state index in [0.29, 0.717) is 24.0 Å². The number of aliphatic imine (C=N–C) groups is 1. The largest absolute Gasteiger partial charge is 0.437 e. The van der Waals surface area contributed by atoms with Crippen molar-refractivity contribution in [3.63, 3.8) is 0 Å². The van der Waals surface area contributed by atoms with Crippen molar-refractivity contribution in [2.75, 3.05) is 23.7 Å². The van der Waals surface area contributed by atoms with Crippen molar-refractivity contribution in [2.45, 2.75) is 11.7 Å².